The molecule has 0 atom stereocenters. The van der Waals surface area contributed by atoms with Gasteiger partial charge in [-0.2, -0.15) is 0 Å². The van der Waals surface area contributed by atoms with E-state index in [-0.39, 0.29) is 24.6 Å². The van der Waals surface area contributed by atoms with Crippen LogP contribution in [0.15, 0.2) is 18.5 Å². The monoisotopic (exact) mass is 353 g/mol. The van der Waals surface area contributed by atoms with Crippen LogP contribution in [0.2, 0.25) is 0 Å². The van der Waals surface area contributed by atoms with Gasteiger partial charge in [0.05, 0.1) is 18.9 Å². The zero-order valence-electron chi connectivity index (χ0n) is 12.9. The van der Waals surface area contributed by atoms with Crippen molar-refractivity contribution in [2.24, 2.45) is 5.73 Å². The van der Waals surface area contributed by atoms with Gasteiger partial charge in [-0.1, -0.05) is 0 Å². The summed E-state index contributed by atoms with van der Waals surface area (Å²) in [6.07, 6.45) is 2.44. The van der Waals surface area contributed by atoms with Crippen LogP contribution in [0, 0.1) is 17.5 Å². The molecule has 2 aromatic rings. The molecule has 1 saturated heterocycles. The van der Waals surface area contributed by atoms with E-state index in [1.54, 1.807) is 0 Å². The molecule has 3 N–H and O–H groups in total. The number of anilines is 3. The van der Waals surface area contributed by atoms with Crippen molar-refractivity contribution in [1.29, 1.82) is 0 Å². The van der Waals surface area contributed by atoms with Gasteiger partial charge in [0.15, 0.2) is 29.0 Å². The lowest BCUT2D eigenvalue weighted by molar-refractivity contribution is 0.0996. The van der Waals surface area contributed by atoms with E-state index in [0.29, 0.717) is 13.2 Å². The highest BCUT2D eigenvalue weighted by atomic mass is 19.2. The van der Waals surface area contributed by atoms with Crippen LogP contribution in [-0.2, 0) is 4.74 Å². The number of nitrogens with one attached hydrogen (secondary N) is 1. The Kier molecular flexibility index (Phi) is 4.70. The van der Waals surface area contributed by atoms with Crippen LogP contribution in [0.4, 0.5) is 30.4 Å². The first-order valence-corrected chi connectivity index (χ1v) is 7.37. The van der Waals surface area contributed by atoms with E-state index in [9.17, 15) is 18.0 Å². The number of carbonyl (C=O) groups excluding carboxylic acids is 1. The highest BCUT2D eigenvalue weighted by Crippen LogP contribution is 2.32. The number of ether oxygens (including phenoxy) is 1. The number of hydrogen-bond donors (Lipinski definition) is 2. The van der Waals surface area contributed by atoms with Crippen molar-refractivity contribution in [1.82, 2.24) is 9.97 Å². The summed E-state index contributed by atoms with van der Waals surface area (Å²) in [4.78, 5) is 20.2. The highest BCUT2D eigenvalue weighted by Gasteiger charge is 2.25. The summed E-state index contributed by atoms with van der Waals surface area (Å²) < 4.78 is 48.3. The normalized spacial score (nSPS) is 14.4. The Hall–Kier alpha value is -2.88. The zero-order chi connectivity index (χ0) is 18.0. The predicted octanol–water partition coefficient (Wildman–Crippen LogP) is 1.57. The van der Waals surface area contributed by atoms with Crippen LogP contribution in [-0.4, -0.2) is 42.2 Å². The van der Waals surface area contributed by atoms with Gasteiger partial charge < -0.3 is 20.7 Å². The number of amides is 1. The van der Waals surface area contributed by atoms with E-state index >= 15 is 0 Å². The summed E-state index contributed by atoms with van der Waals surface area (Å²) in [5.74, 6) is -4.71. The Labute approximate surface area is 140 Å². The van der Waals surface area contributed by atoms with Crippen molar-refractivity contribution < 1.29 is 22.7 Å². The van der Waals surface area contributed by atoms with Crippen molar-refractivity contribution in [3.63, 3.8) is 0 Å². The number of rotatable bonds is 4. The molecule has 7 nitrogen and oxygen atoms in total. The minimum absolute atomic E-state index is 0.202. The summed E-state index contributed by atoms with van der Waals surface area (Å²) in [6, 6.07) is 0.794. The van der Waals surface area contributed by atoms with Crippen molar-refractivity contribution in [2.45, 2.75) is 0 Å². The molecule has 0 spiro atoms. The van der Waals surface area contributed by atoms with E-state index in [2.05, 4.69) is 15.3 Å². The fourth-order valence-electron chi connectivity index (χ4n) is 2.49. The molecule has 1 aromatic carbocycles. The number of carbonyl (C=O) groups is 1. The molecule has 1 aliphatic rings. The number of aromatic nitrogens is 2. The maximum absolute atomic E-state index is 14.4. The van der Waals surface area contributed by atoms with Crippen LogP contribution in [0.3, 0.4) is 0 Å². The number of hydrogen-bond acceptors (Lipinski definition) is 6. The van der Waals surface area contributed by atoms with Gasteiger partial charge in [0.25, 0.3) is 5.91 Å². The Bertz CT molecular complexity index is 812. The molecular formula is C15H14F3N5O2. The molecule has 0 radical (unpaired) electrons. The lowest BCUT2D eigenvalue weighted by Gasteiger charge is -2.29. The van der Waals surface area contributed by atoms with Gasteiger partial charge in [-0.05, 0) is 0 Å². The van der Waals surface area contributed by atoms with E-state index in [0.717, 1.165) is 6.07 Å². The summed E-state index contributed by atoms with van der Waals surface area (Å²) in [5.41, 5.74) is 3.89. The molecule has 1 aliphatic heterocycles. The minimum Gasteiger partial charge on any atom is -0.378 e. The molecule has 1 amide bonds. The quantitative estimate of drug-likeness (QED) is 0.811. The number of halogens is 3. The molecule has 0 saturated carbocycles. The molecule has 2 heterocycles. The number of morpholine rings is 1. The van der Waals surface area contributed by atoms with Gasteiger partial charge in [0, 0.05) is 31.5 Å². The molecule has 10 heteroatoms. The molecule has 132 valence electrons. The number of primary amides is 1. The first-order valence-electron chi connectivity index (χ1n) is 7.37. The standard InChI is InChI=1S/C15H14F3N5O2/c16-8-7-9(22-15-12(14(19)24)20-1-2-21-15)10(17)11(18)13(8)23-3-5-25-6-4-23/h1-2,7H,3-6H2,(H2,19,24)(H,21,22). The van der Waals surface area contributed by atoms with E-state index in [4.69, 9.17) is 10.5 Å². The number of nitrogens with zero attached hydrogens (tertiary/aromatic N) is 3. The summed E-state index contributed by atoms with van der Waals surface area (Å²) in [6.45, 7) is 1.08. The Morgan fingerprint density at radius 2 is 1.84 bits per heavy atom. The average Bonchev–Trinajstić information content (AvgIpc) is 2.61. The fourth-order valence-corrected chi connectivity index (χ4v) is 2.49. The first kappa shape index (κ1) is 17.0. The third kappa shape index (κ3) is 3.33. The third-order valence-corrected chi connectivity index (χ3v) is 3.65. The van der Waals surface area contributed by atoms with Gasteiger partial charge >= 0.3 is 0 Å². The molecule has 3 rings (SSSR count). The largest absolute Gasteiger partial charge is 0.378 e. The summed E-state index contributed by atoms with van der Waals surface area (Å²) in [7, 11) is 0. The number of nitrogens with two attached hydrogens (primary N) is 1. The number of benzene rings is 1. The lowest BCUT2D eigenvalue weighted by atomic mass is 10.2. The SMILES string of the molecule is NC(=O)c1nccnc1Nc1cc(F)c(N2CCOCC2)c(F)c1F. The van der Waals surface area contributed by atoms with E-state index in [1.807, 2.05) is 0 Å². The van der Waals surface area contributed by atoms with E-state index in [1.165, 1.54) is 17.3 Å². The van der Waals surface area contributed by atoms with Crippen LogP contribution in [0.25, 0.3) is 0 Å². The predicted molar refractivity (Wildman–Crippen MR) is 83.2 cm³/mol. The molecule has 25 heavy (non-hydrogen) atoms. The second kappa shape index (κ2) is 6.93. The van der Waals surface area contributed by atoms with Crippen LogP contribution >= 0.6 is 0 Å². The molecular weight excluding hydrogens is 339 g/mol. The lowest BCUT2D eigenvalue weighted by Crippen LogP contribution is -2.37. The van der Waals surface area contributed by atoms with Gasteiger partial charge in [0.2, 0.25) is 0 Å². The molecule has 0 aliphatic carbocycles. The fraction of sp³-hybridized carbons (Fsp3) is 0.267. The maximum Gasteiger partial charge on any atom is 0.271 e. The molecule has 0 unspecified atom stereocenters. The minimum atomic E-state index is -1.34. The first-order chi connectivity index (χ1) is 12.0. The van der Waals surface area contributed by atoms with Crippen molar-refractivity contribution in [3.8, 4) is 0 Å². The summed E-state index contributed by atoms with van der Waals surface area (Å²) in [5, 5.41) is 2.36. The van der Waals surface area contributed by atoms with Gasteiger partial charge in [0.1, 0.15) is 5.69 Å². The Balaban J connectivity index is 1.98. The highest BCUT2D eigenvalue weighted by molar-refractivity contribution is 5.96. The Morgan fingerprint density at radius 3 is 2.52 bits per heavy atom. The van der Waals surface area contributed by atoms with Gasteiger partial charge in [-0.15, -0.1) is 0 Å². The van der Waals surface area contributed by atoms with Crippen LogP contribution < -0.4 is 16.0 Å². The smallest absolute Gasteiger partial charge is 0.271 e. The van der Waals surface area contributed by atoms with Gasteiger partial charge in [-0.3, -0.25) is 4.79 Å². The second-order valence-electron chi connectivity index (χ2n) is 5.22. The maximum atomic E-state index is 14.4. The second-order valence-corrected chi connectivity index (χ2v) is 5.22. The van der Waals surface area contributed by atoms with Crippen molar-refractivity contribution in [3.05, 3.63) is 41.6 Å². The topological polar surface area (TPSA) is 93.4 Å². The molecule has 1 aromatic heterocycles. The molecule has 1 fully saturated rings. The zero-order valence-corrected chi connectivity index (χ0v) is 12.9. The average molecular weight is 353 g/mol. The van der Waals surface area contributed by atoms with E-state index < -0.39 is 34.7 Å². The van der Waals surface area contributed by atoms with Gasteiger partial charge in [-0.25, -0.2) is 23.1 Å². The van der Waals surface area contributed by atoms with Crippen molar-refractivity contribution >= 4 is 23.1 Å². The van der Waals surface area contributed by atoms with Crippen LogP contribution in [0.1, 0.15) is 10.5 Å². The van der Waals surface area contributed by atoms with Crippen LogP contribution in [0.5, 0.6) is 0 Å². The summed E-state index contributed by atoms with van der Waals surface area (Å²) >= 11 is 0. The third-order valence-electron chi connectivity index (χ3n) is 3.65. The Morgan fingerprint density at radius 1 is 1.16 bits per heavy atom. The van der Waals surface area contributed by atoms with Crippen molar-refractivity contribution in [2.75, 3.05) is 36.5 Å². The molecule has 0 bridgehead atoms.